The van der Waals surface area contributed by atoms with Crippen LogP contribution in [0, 0.1) is 11.3 Å². The number of methoxy groups -OCH3 is 1. The van der Waals surface area contributed by atoms with Crippen LogP contribution in [0.5, 0.6) is 11.5 Å². The number of hydrogen-bond donors (Lipinski definition) is 0. The van der Waals surface area contributed by atoms with Crippen molar-refractivity contribution >= 4 is 33.5 Å². The molecule has 1 amide bonds. The number of likely N-dealkylation sites (N-methyl/N-ethyl adjacent to an activating group) is 1. The van der Waals surface area contributed by atoms with Crippen LogP contribution in [0.2, 0.25) is 0 Å². The highest BCUT2D eigenvalue weighted by atomic mass is 32.1. The highest BCUT2D eigenvalue weighted by Gasteiger charge is 2.10. The monoisotopic (exact) mass is 393 g/mol. The van der Waals surface area contributed by atoms with Crippen LogP contribution in [0.1, 0.15) is 10.6 Å². The minimum atomic E-state index is -0.122. The number of amides is 1. The van der Waals surface area contributed by atoms with Crippen molar-refractivity contribution in [2.45, 2.75) is 6.54 Å². The highest BCUT2D eigenvalue weighted by Crippen LogP contribution is 2.28. The van der Waals surface area contributed by atoms with Gasteiger partial charge in [-0.25, -0.2) is 4.98 Å². The smallest absolute Gasteiger partial charge is 0.246 e. The van der Waals surface area contributed by atoms with E-state index < -0.39 is 0 Å². The fraction of sp³-hybridized carbons (Fsp3) is 0.190. The Morgan fingerprint density at radius 3 is 2.86 bits per heavy atom. The number of ether oxygens (including phenoxy) is 2. The van der Waals surface area contributed by atoms with Gasteiger partial charge in [0.15, 0.2) is 18.1 Å². The molecule has 7 heteroatoms. The maximum absolute atomic E-state index is 12.4. The van der Waals surface area contributed by atoms with Crippen molar-refractivity contribution in [3.05, 3.63) is 59.1 Å². The Bertz CT molecular complexity index is 1020. The maximum Gasteiger partial charge on any atom is 0.246 e. The summed E-state index contributed by atoms with van der Waals surface area (Å²) >= 11 is 1.59. The molecule has 0 aliphatic heterocycles. The van der Waals surface area contributed by atoms with E-state index in [1.165, 1.54) is 13.2 Å². The summed E-state index contributed by atoms with van der Waals surface area (Å²) in [6.07, 6.45) is 3.23. The topological polar surface area (TPSA) is 75.4 Å². The number of hydrogen-bond acceptors (Lipinski definition) is 6. The lowest BCUT2D eigenvalue weighted by Crippen LogP contribution is -2.23. The van der Waals surface area contributed by atoms with Crippen LogP contribution < -0.4 is 9.47 Å². The SMILES string of the molecule is COc1cc(/C=C/C(=O)N(C)Cc2nc3ccccc3s2)ccc1OCC#N. The first-order valence-electron chi connectivity index (χ1n) is 8.56. The summed E-state index contributed by atoms with van der Waals surface area (Å²) in [7, 11) is 3.27. The lowest BCUT2D eigenvalue weighted by atomic mass is 10.2. The van der Waals surface area contributed by atoms with Crippen molar-refractivity contribution < 1.29 is 14.3 Å². The van der Waals surface area contributed by atoms with E-state index in [4.69, 9.17) is 14.7 Å². The van der Waals surface area contributed by atoms with Crippen LogP contribution >= 0.6 is 11.3 Å². The number of thiazole rings is 1. The molecule has 0 aliphatic carbocycles. The second-order valence-corrected chi connectivity index (χ2v) is 7.08. The lowest BCUT2D eigenvalue weighted by molar-refractivity contribution is -0.125. The zero-order chi connectivity index (χ0) is 19.9. The Morgan fingerprint density at radius 2 is 2.11 bits per heavy atom. The first kappa shape index (κ1) is 19.4. The van der Waals surface area contributed by atoms with Crippen LogP contribution in [-0.2, 0) is 11.3 Å². The number of carbonyl (C=O) groups excluding carboxylic acids is 1. The van der Waals surface area contributed by atoms with E-state index in [9.17, 15) is 4.79 Å². The van der Waals surface area contributed by atoms with Gasteiger partial charge < -0.3 is 14.4 Å². The van der Waals surface area contributed by atoms with Gasteiger partial charge >= 0.3 is 0 Å². The zero-order valence-corrected chi connectivity index (χ0v) is 16.4. The normalized spacial score (nSPS) is 10.8. The third kappa shape index (κ3) is 4.67. The molecule has 0 N–H and O–H groups in total. The molecule has 0 bridgehead atoms. The van der Waals surface area contributed by atoms with Crippen LogP contribution in [0.15, 0.2) is 48.5 Å². The third-order valence-corrected chi connectivity index (χ3v) is 5.01. The van der Waals surface area contributed by atoms with Gasteiger partial charge in [-0.3, -0.25) is 4.79 Å². The number of para-hydroxylation sites is 1. The molecule has 3 aromatic rings. The Labute approximate surface area is 167 Å². The predicted molar refractivity (Wildman–Crippen MR) is 109 cm³/mol. The van der Waals surface area contributed by atoms with Gasteiger partial charge in [0, 0.05) is 13.1 Å². The van der Waals surface area contributed by atoms with Crippen LogP contribution in [-0.4, -0.2) is 36.6 Å². The summed E-state index contributed by atoms with van der Waals surface area (Å²) in [6, 6.07) is 15.1. The molecule has 0 aliphatic rings. The number of nitrogens with zero attached hydrogens (tertiary/aromatic N) is 3. The average molecular weight is 393 g/mol. The molecule has 3 rings (SSSR count). The number of carbonyl (C=O) groups is 1. The van der Waals surface area contributed by atoms with Gasteiger partial charge in [0.1, 0.15) is 11.1 Å². The minimum absolute atomic E-state index is 0.0550. The van der Waals surface area contributed by atoms with E-state index in [0.717, 1.165) is 20.8 Å². The van der Waals surface area contributed by atoms with E-state index in [1.54, 1.807) is 47.6 Å². The molecule has 0 spiro atoms. The number of benzene rings is 2. The first-order valence-corrected chi connectivity index (χ1v) is 9.38. The standard InChI is InChI=1S/C21H19N3O3S/c1-24(14-20-23-16-5-3-4-6-19(16)28-20)21(25)10-8-15-7-9-17(27-12-11-22)18(13-15)26-2/h3-10,13H,12,14H2,1-2H3/b10-8+. The van der Waals surface area contributed by atoms with Crippen molar-refractivity contribution in [2.24, 2.45) is 0 Å². The molecule has 0 atom stereocenters. The molecule has 1 heterocycles. The van der Waals surface area contributed by atoms with Crippen molar-refractivity contribution in [2.75, 3.05) is 20.8 Å². The van der Waals surface area contributed by atoms with Gasteiger partial charge in [0.05, 0.1) is 23.9 Å². The summed E-state index contributed by atoms with van der Waals surface area (Å²) in [5, 5.41) is 9.51. The van der Waals surface area contributed by atoms with Crippen LogP contribution in [0.4, 0.5) is 0 Å². The molecule has 28 heavy (non-hydrogen) atoms. The van der Waals surface area contributed by atoms with Gasteiger partial charge in [-0.05, 0) is 35.9 Å². The Morgan fingerprint density at radius 1 is 1.29 bits per heavy atom. The number of fused-ring (bicyclic) bond motifs is 1. The fourth-order valence-electron chi connectivity index (χ4n) is 2.58. The molecule has 2 aromatic carbocycles. The minimum Gasteiger partial charge on any atom is -0.493 e. The van der Waals surface area contributed by atoms with E-state index in [-0.39, 0.29) is 12.5 Å². The van der Waals surface area contributed by atoms with E-state index >= 15 is 0 Å². The summed E-state index contributed by atoms with van der Waals surface area (Å²) < 4.78 is 11.7. The molecule has 6 nitrogen and oxygen atoms in total. The van der Waals surface area contributed by atoms with Gasteiger partial charge in [0.25, 0.3) is 0 Å². The van der Waals surface area contributed by atoms with E-state index in [0.29, 0.717) is 18.0 Å². The molecule has 0 radical (unpaired) electrons. The van der Waals surface area contributed by atoms with Crippen LogP contribution in [0.25, 0.3) is 16.3 Å². The zero-order valence-electron chi connectivity index (χ0n) is 15.6. The Hall–Kier alpha value is -3.37. The molecular formula is C21H19N3O3S. The third-order valence-electron chi connectivity index (χ3n) is 3.99. The first-order chi connectivity index (χ1) is 13.6. The molecule has 142 valence electrons. The van der Waals surface area contributed by atoms with Gasteiger partial charge in [-0.1, -0.05) is 18.2 Å². The number of nitriles is 1. The van der Waals surface area contributed by atoms with Crippen molar-refractivity contribution in [1.29, 1.82) is 5.26 Å². The molecule has 0 saturated heterocycles. The fourth-order valence-corrected chi connectivity index (χ4v) is 3.60. The summed E-state index contributed by atoms with van der Waals surface area (Å²) in [5.41, 5.74) is 1.74. The van der Waals surface area contributed by atoms with Gasteiger partial charge in [-0.2, -0.15) is 5.26 Å². The van der Waals surface area contributed by atoms with Gasteiger partial charge in [-0.15, -0.1) is 11.3 Å². The summed E-state index contributed by atoms with van der Waals surface area (Å²) in [4.78, 5) is 18.6. The van der Waals surface area contributed by atoms with Crippen molar-refractivity contribution in [1.82, 2.24) is 9.88 Å². The quantitative estimate of drug-likeness (QED) is 0.570. The largest absolute Gasteiger partial charge is 0.493 e. The summed E-state index contributed by atoms with van der Waals surface area (Å²) in [5.74, 6) is 0.871. The van der Waals surface area contributed by atoms with Crippen LogP contribution in [0.3, 0.4) is 0 Å². The molecule has 1 aromatic heterocycles. The number of rotatable bonds is 7. The lowest BCUT2D eigenvalue weighted by Gasteiger charge is -2.13. The van der Waals surface area contributed by atoms with E-state index in [1.807, 2.05) is 30.3 Å². The second kappa shape index (κ2) is 9.02. The highest BCUT2D eigenvalue weighted by molar-refractivity contribution is 7.18. The maximum atomic E-state index is 12.4. The average Bonchev–Trinajstić information content (AvgIpc) is 3.12. The second-order valence-electron chi connectivity index (χ2n) is 5.96. The number of aromatic nitrogens is 1. The molecule has 0 saturated carbocycles. The van der Waals surface area contributed by atoms with Crippen molar-refractivity contribution in [3.63, 3.8) is 0 Å². The van der Waals surface area contributed by atoms with Crippen molar-refractivity contribution in [3.8, 4) is 17.6 Å². The Balaban J connectivity index is 1.66. The van der Waals surface area contributed by atoms with Gasteiger partial charge in [0.2, 0.25) is 5.91 Å². The molecule has 0 unspecified atom stereocenters. The molecule has 0 fully saturated rings. The Kier molecular flexibility index (Phi) is 6.25. The molecular weight excluding hydrogens is 374 g/mol. The predicted octanol–water partition coefficient (Wildman–Crippen LogP) is 3.88. The van der Waals surface area contributed by atoms with E-state index in [2.05, 4.69) is 4.98 Å². The summed E-state index contributed by atoms with van der Waals surface area (Å²) in [6.45, 7) is 0.396.